The van der Waals surface area contributed by atoms with Gasteiger partial charge in [0, 0.05) is 26.7 Å². The van der Waals surface area contributed by atoms with Crippen molar-refractivity contribution in [3.63, 3.8) is 0 Å². The van der Waals surface area contributed by atoms with E-state index < -0.39 is 0 Å². The SMILES string of the molecule is CN=C(NCC(C)Oc1ccccc1OC)NCC(c1ccc(F)cc1)N1CCOCC1.I. The van der Waals surface area contributed by atoms with Crippen molar-refractivity contribution in [3.8, 4) is 11.5 Å². The van der Waals surface area contributed by atoms with Gasteiger partial charge in [0.15, 0.2) is 17.5 Å². The van der Waals surface area contributed by atoms with Crippen molar-refractivity contribution in [3.05, 3.63) is 59.9 Å². The van der Waals surface area contributed by atoms with Crippen LogP contribution in [0.4, 0.5) is 4.39 Å². The monoisotopic (exact) mass is 572 g/mol. The van der Waals surface area contributed by atoms with Gasteiger partial charge in [-0.3, -0.25) is 9.89 Å². The van der Waals surface area contributed by atoms with E-state index in [1.54, 1.807) is 14.2 Å². The number of hydrogen-bond acceptors (Lipinski definition) is 5. The molecule has 2 unspecified atom stereocenters. The standard InChI is InChI=1S/C24H33FN4O3.HI/c1-18(32-23-7-5-4-6-22(23)30-3)16-27-24(26-2)28-17-21(29-12-14-31-15-13-29)19-8-10-20(25)11-9-19;/h4-11,18,21H,12-17H2,1-3H3,(H2,26,27,28);1H. The fourth-order valence-electron chi connectivity index (χ4n) is 3.66. The lowest BCUT2D eigenvalue weighted by molar-refractivity contribution is 0.0170. The fourth-order valence-corrected chi connectivity index (χ4v) is 3.66. The molecule has 1 aliphatic rings. The van der Waals surface area contributed by atoms with E-state index in [4.69, 9.17) is 14.2 Å². The minimum Gasteiger partial charge on any atom is -0.493 e. The second kappa shape index (κ2) is 14.2. The van der Waals surface area contributed by atoms with Gasteiger partial charge in [0.1, 0.15) is 11.9 Å². The first kappa shape index (κ1) is 27.1. The van der Waals surface area contributed by atoms with Crippen LogP contribution in [0.1, 0.15) is 18.5 Å². The molecule has 1 fully saturated rings. The summed E-state index contributed by atoms with van der Waals surface area (Å²) < 4.78 is 30.3. The number of ether oxygens (including phenoxy) is 3. The molecule has 0 amide bonds. The van der Waals surface area contributed by atoms with E-state index in [1.165, 1.54) is 12.1 Å². The smallest absolute Gasteiger partial charge is 0.191 e. The van der Waals surface area contributed by atoms with E-state index >= 15 is 0 Å². The lowest BCUT2D eigenvalue weighted by Gasteiger charge is -2.35. The molecule has 0 spiro atoms. The molecule has 9 heteroatoms. The molecule has 3 rings (SSSR count). The van der Waals surface area contributed by atoms with Crippen LogP contribution in [0.2, 0.25) is 0 Å². The number of para-hydroxylation sites is 2. The summed E-state index contributed by atoms with van der Waals surface area (Å²) in [5, 5.41) is 6.72. The molecule has 1 saturated heterocycles. The van der Waals surface area contributed by atoms with Crippen LogP contribution >= 0.6 is 24.0 Å². The topological polar surface area (TPSA) is 67.4 Å². The Balaban J connectivity index is 0.00000385. The number of halogens is 2. The predicted molar refractivity (Wildman–Crippen MR) is 139 cm³/mol. The van der Waals surface area contributed by atoms with E-state index in [2.05, 4.69) is 20.5 Å². The van der Waals surface area contributed by atoms with Crippen molar-refractivity contribution in [1.29, 1.82) is 0 Å². The Morgan fingerprint density at radius 2 is 1.70 bits per heavy atom. The van der Waals surface area contributed by atoms with Gasteiger partial charge in [0.2, 0.25) is 0 Å². The van der Waals surface area contributed by atoms with E-state index in [-0.39, 0.29) is 41.9 Å². The van der Waals surface area contributed by atoms with E-state index in [9.17, 15) is 4.39 Å². The Labute approximate surface area is 212 Å². The molecule has 1 aliphatic heterocycles. The van der Waals surface area contributed by atoms with Crippen LogP contribution in [0.3, 0.4) is 0 Å². The minimum atomic E-state index is -0.232. The molecular formula is C24H34FIN4O3. The van der Waals surface area contributed by atoms with Gasteiger partial charge in [-0.05, 0) is 36.8 Å². The largest absolute Gasteiger partial charge is 0.493 e. The first-order valence-electron chi connectivity index (χ1n) is 10.9. The Hall–Kier alpha value is -2.11. The molecule has 7 nitrogen and oxygen atoms in total. The van der Waals surface area contributed by atoms with Gasteiger partial charge in [0.25, 0.3) is 0 Å². The number of methoxy groups -OCH3 is 1. The number of aliphatic imine (C=N–C) groups is 1. The first-order chi connectivity index (χ1) is 15.6. The van der Waals surface area contributed by atoms with Gasteiger partial charge >= 0.3 is 0 Å². The minimum absolute atomic E-state index is 0. The Morgan fingerprint density at radius 3 is 2.33 bits per heavy atom. The van der Waals surface area contributed by atoms with Crippen LogP contribution in [0.5, 0.6) is 11.5 Å². The molecule has 33 heavy (non-hydrogen) atoms. The van der Waals surface area contributed by atoms with Crippen molar-refractivity contribution in [1.82, 2.24) is 15.5 Å². The fraction of sp³-hybridized carbons (Fsp3) is 0.458. The van der Waals surface area contributed by atoms with Crippen LogP contribution in [0.25, 0.3) is 0 Å². The van der Waals surface area contributed by atoms with Crippen molar-refractivity contribution < 1.29 is 18.6 Å². The van der Waals surface area contributed by atoms with E-state index in [0.717, 1.165) is 18.7 Å². The predicted octanol–water partition coefficient (Wildman–Crippen LogP) is 3.46. The maximum absolute atomic E-state index is 13.4. The van der Waals surface area contributed by atoms with Crippen LogP contribution < -0.4 is 20.1 Å². The summed E-state index contributed by atoms with van der Waals surface area (Å²) in [4.78, 5) is 6.69. The van der Waals surface area contributed by atoms with E-state index in [0.29, 0.717) is 43.8 Å². The molecule has 2 N–H and O–H groups in total. The average molecular weight is 572 g/mol. The van der Waals surface area contributed by atoms with Crippen molar-refractivity contribution in [2.45, 2.75) is 19.1 Å². The Bertz CT molecular complexity index is 863. The molecule has 182 valence electrons. The van der Waals surface area contributed by atoms with Crippen LogP contribution in [-0.2, 0) is 4.74 Å². The summed E-state index contributed by atoms with van der Waals surface area (Å²) in [6.07, 6.45) is -0.100. The molecular weight excluding hydrogens is 538 g/mol. The number of nitrogens with zero attached hydrogens (tertiary/aromatic N) is 2. The van der Waals surface area contributed by atoms with Gasteiger partial charge in [-0.25, -0.2) is 4.39 Å². The Morgan fingerprint density at radius 1 is 1.06 bits per heavy atom. The zero-order chi connectivity index (χ0) is 22.8. The zero-order valence-electron chi connectivity index (χ0n) is 19.4. The summed E-state index contributed by atoms with van der Waals surface area (Å²) in [6, 6.07) is 14.4. The highest BCUT2D eigenvalue weighted by Gasteiger charge is 2.23. The summed E-state index contributed by atoms with van der Waals surface area (Å²) in [6.45, 7) is 6.25. The van der Waals surface area contributed by atoms with Gasteiger partial charge in [-0.15, -0.1) is 24.0 Å². The lowest BCUT2D eigenvalue weighted by atomic mass is 10.0. The number of hydrogen-bond donors (Lipinski definition) is 2. The van der Waals surface area contributed by atoms with Crippen molar-refractivity contribution in [2.75, 3.05) is 53.6 Å². The van der Waals surface area contributed by atoms with Crippen LogP contribution in [0.15, 0.2) is 53.5 Å². The second-order valence-electron chi connectivity index (χ2n) is 7.63. The Kier molecular flexibility index (Phi) is 11.7. The molecule has 2 atom stereocenters. The summed E-state index contributed by atoms with van der Waals surface area (Å²) in [5.74, 6) is 1.86. The molecule has 0 saturated carbocycles. The summed E-state index contributed by atoms with van der Waals surface area (Å²) in [7, 11) is 3.37. The second-order valence-corrected chi connectivity index (χ2v) is 7.63. The van der Waals surface area contributed by atoms with Crippen LogP contribution in [-0.4, -0.2) is 70.5 Å². The summed E-state index contributed by atoms with van der Waals surface area (Å²) >= 11 is 0. The number of guanidine groups is 1. The molecule has 0 aromatic heterocycles. The third kappa shape index (κ3) is 8.31. The third-order valence-corrected chi connectivity index (χ3v) is 5.38. The molecule has 2 aromatic rings. The number of nitrogens with one attached hydrogen (secondary N) is 2. The van der Waals surface area contributed by atoms with Gasteiger partial charge in [-0.2, -0.15) is 0 Å². The first-order valence-corrected chi connectivity index (χ1v) is 10.9. The zero-order valence-corrected chi connectivity index (χ0v) is 21.8. The van der Waals surface area contributed by atoms with Crippen molar-refractivity contribution >= 4 is 29.9 Å². The van der Waals surface area contributed by atoms with Gasteiger partial charge in [0.05, 0.1) is 32.9 Å². The molecule has 0 radical (unpaired) electrons. The maximum Gasteiger partial charge on any atom is 0.191 e. The lowest BCUT2D eigenvalue weighted by Crippen LogP contribution is -2.47. The van der Waals surface area contributed by atoms with Gasteiger partial charge < -0.3 is 24.8 Å². The van der Waals surface area contributed by atoms with Gasteiger partial charge in [-0.1, -0.05) is 24.3 Å². The average Bonchev–Trinajstić information content (AvgIpc) is 2.83. The highest BCUT2D eigenvalue weighted by molar-refractivity contribution is 14.0. The number of benzene rings is 2. The summed E-state index contributed by atoms with van der Waals surface area (Å²) in [5.41, 5.74) is 1.06. The highest BCUT2D eigenvalue weighted by atomic mass is 127. The van der Waals surface area contributed by atoms with Crippen molar-refractivity contribution in [2.24, 2.45) is 4.99 Å². The molecule has 0 aliphatic carbocycles. The maximum atomic E-state index is 13.4. The molecule has 2 aromatic carbocycles. The quantitative estimate of drug-likeness (QED) is 0.273. The highest BCUT2D eigenvalue weighted by Crippen LogP contribution is 2.26. The normalized spacial score (nSPS) is 16.3. The number of rotatable bonds is 9. The van der Waals surface area contributed by atoms with Crippen LogP contribution in [0, 0.1) is 5.82 Å². The number of morpholine rings is 1. The molecule has 1 heterocycles. The van der Waals surface area contributed by atoms with E-state index in [1.807, 2.05) is 43.3 Å². The third-order valence-electron chi connectivity index (χ3n) is 5.38. The molecule has 0 bridgehead atoms.